The number of aryl methyl sites for hydroxylation is 1. The summed E-state index contributed by atoms with van der Waals surface area (Å²) in [6.45, 7) is 4.06. The van der Waals surface area contributed by atoms with Crippen molar-refractivity contribution in [2.24, 2.45) is 5.73 Å². The lowest BCUT2D eigenvalue weighted by molar-refractivity contribution is -0.0461. The van der Waals surface area contributed by atoms with Gasteiger partial charge < -0.3 is 20.7 Å². The molecule has 9 heteroatoms. The zero-order valence-corrected chi connectivity index (χ0v) is 19.4. The van der Waals surface area contributed by atoms with Gasteiger partial charge in [-0.2, -0.15) is 4.98 Å². The van der Waals surface area contributed by atoms with Gasteiger partial charge in [-0.3, -0.25) is 0 Å². The van der Waals surface area contributed by atoms with Crippen LogP contribution >= 0.6 is 0 Å². The fourth-order valence-corrected chi connectivity index (χ4v) is 6.96. The zero-order valence-electron chi connectivity index (χ0n) is 18.5. The second-order valence-electron chi connectivity index (χ2n) is 9.78. The highest BCUT2D eigenvalue weighted by molar-refractivity contribution is 7.91. The minimum absolute atomic E-state index is 0.0817. The molecule has 1 saturated carbocycles. The molecule has 6 rings (SSSR count). The second kappa shape index (κ2) is 7.12. The quantitative estimate of drug-likeness (QED) is 0.604. The molecule has 2 aromatic carbocycles. The third-order valence-electron chi connectivity index (χ3n) is 6.96. The Morgan fingerprint density at radius 2 is 1.94 bits per heavy atom. The maximum absolute atomic E-state index is 13.2. The number of anilines is 2. The highest BCUT2D eigenvalue weighted by Gasteiger charge is 2.54. The first-order valence-corrected chi connectivity index (χ1v) is 12.9. The van der Waals surface area contributed by atoms with Gasteiger partial charge in [0.2, 0.25) is 5.95 Å². The van der Waals surface area contributed by atoms with Crippen molar-refractivity contribution in [2.45, 2.75) is 42.3 Å². The molecule has 0 amide bonds. The van der Waals surface area contributed by atoms with E-state index in [1.807, 2.05) is 31.2 Å². The Labute approximate surface area is 193 Å². The van der Waals surface area contributed by atoms with E-state index in [2.05, 4.69) is 16.3 Å². The average molecular weight is 466 g/mol. The van der Waals surface area contributed by atoms with E-state index < -0.39 is 20.9 Å². The molecule has 0 atom stereocenters. The lowest BCUT2D eigenvalue weighted by Crippen LogP contribution is -2.61. The fourth-order valence-electron chi connectivity index (χ4n) is 4.84. The summed E-state index contributed by atoms with van der Waals surface area (Å²) in [5.41, 5.74) is 8.20. The van der Waals surface area contributed by atoms with E-state index in [1.165, 1.54) is 0 Å². The second-order valence-corrected chi connectivity index (χ2v) is 11.7. The molecule has 3 N–H and O–H groups in total. The Kier molecular flexibility index (Phi) is 4.50. The number of nitrogens with zero attached hydrogens (tertiary/aromatic N) is 3. The van der Waals surface area contributed by atoms with Crippen molar-refractivity contribution in [3.8, 4) is 0 Å². The van der Waals surface area contributed by atoms with E-state index in [0.29, 0.717) is 43.0 Å². The average Bonchev–Trinajstić information content (AvgIpc) is 3.55. The molecule has 1 aliphatic carbocycles. The molecule has 2 aliphatic heterocycles. The molecule has 1 saturated heterocycles. The predicted octanol–water partition coefficient (Wildman–Crippen LogP) is 2.40. The van der Waals surface area contributed by atoms with Crippen LogP contribution in [0.3, 0.4) is 0 Å². The van der Waals surface area contributed by atoms with Crippen molar-refractivity contribution >= 4 is 32.5 Å². The lowest BCUT2D eigenvalue weighted by Gasteiger charge is -2.38. The van der Waals surface area contributed by atoms with Crippen molar-refractivity contribution in [1.82, 2.24) is 9.97 Å². The number of fused-ring (bicyclic) bond motifs is 2. The molecule has 1 spiro atoms. The summed E-state index contributed by atoms with van der Waals surface area (Å²) in [7, 11) is -3.39. The minimum atomic E-state index is -3.39. The van der Waals surface area contributed by atoms with Gasteiger partial charge in [-0.05, 0) is 43.5 Å². The number of aromatic nitrogens is 2. The SMILES string of the molecule is Cc1ccc2nc(N3Cc4ccccc4S(=O)(=O)CC34CC4)nc(NCC3(N)COC3)c2c1. The first kappa shape index (κ1) is 20.8. The topological polar surface area (TPSA) is 110 Å². The summed E-state index contributed by atoms with van der Waals surface area (Å²) in [5.74, 6) is 1.35. The van der Waals surface area contributed by atoms with Crippen LogP contribution in [0, 0.1) is 6.92 Å². The number of sulfone groups is 1. The van der Waals surface area contributed by atoms with Gasteiger partial charge in [0.1, 0.15) is 5.82 Å². The van der Waals surface area contributed by atoms with Crippen molar-refractivity contribution in [3.05, 3.63) is 53.6 Å². The molecular formula is C24H27N5O3S. The Morgan fingerprint density at radius 3 is 2.67 bits per heavy atom. The molecule has 3 heterocycles. The zero-order chi connectivity index (χ0) is 22.8. The molecule has 172 valence electrons. The third kappa shape index (κ3) is 3.55. The third-order valence-corrected chi connectivity index (χ3v) is 8.95. The van der Waals surface area contributed by atoms with Crippen LogP contribution in [0.4, 0.5) is 11.8 Å². The van der Waals surface area contributed by atoms with Crippen LogP contribution in [0.25, 0.3) is 10.9 Å². The summed E-state index contributed by atoms with van der Waals surface area (Å²) < 4.78 is 31.7. The molecule has 1 aromatic heterocycles. The van der Waals surface area contributed by atoms with Crippen molar-refractivity contribution < 1.29 is 13.2 Å². The molecule has 3 aliphatic rings. The Balaban J connectivity index is 1.46. The molecule has 33 heavy (non-hydrogen) atoms. The van der Waals surface area contributed by atoms with Gasteiger partial charge in [-0.25, -0.2) is 13.4 Å². The van der Waals surface area contributed by atoms with E-state index in [1.54, 1.807) is 12.1 Å². The van der Waals surface area contributed by atoms with Gasteiger partial charge in [-0.1, -0.05) is 29.8 Å². The van der Waals surface area contributed by atoms with E-state index >= 15 is 0 Å². The highest BCUT2D eigenvalue weighted by atomic mass is 32.2. The largest absolute Gasteiger partial charge is 0.377 e. The lowest BCUT2D eigenvalue weighted by atomic mass is 9.99. The number of rotatable bonds is 4. The van der Waals surface area contributed by atoms with Gasteiger partial charge in [0.15, 0.2) is 9.84 Å². The predicted molar refractivity (Wildman–Crippen MR) is 127 cm³/mol. The summed E-state index contributed by atoms with van der Waals surface area (Å²) in [6, 6.07) is 13.4. The van der Waals surface area contributed by atoms with E-state index in [9.17, 15) is 8.42 Å². The van der Waals surface area contributed by atoms with Gasteiger partial charge in [0.25, 0.3) is 0 Å². The Hall–Kier alpha value is -2.75. The van der Waals surface area contributed by atoms with Crippen molar-refractivity contribution in [1.29, 1.82) is 0 Å². The normalized spacial score (nSPS) is 21.8. The molecule has 3 aromatic rings. The number of nitrogens with one attached hydrogen (secondary N) is 1. The Bertz CT molecular complexity index is 1370. The summed E-state index contributed by atoms with van der Waals surface area (Å²) in [4.78, 5) is 12.4. The van der Waals surface area contributed by atoms with Crippen LogP contribution in [0.5, 0.6) is 0 Å². The van der Waals surface area contributed by atoms with E-state index in [4.69, 9.17) is 20.4 Å². The molecule has 0 unspecified atom stereocenters. The van der Waals surface area contributed by atoms with Gasteiger partial charge in [0.05, 0.1) is 40.5 Å². The number of nitrogens with two attached hydrogens (primary N) is 1. The summed E-state index contributed by atoms with van der Waals surface area (Å²) >= 11 is 0. The first-order chi connectivity index (χ1) is 15.8. The monoisotopic (exact) mass is 465 g/mol. The van der Waals surface area contributed by atoms with Crippen LogP contribution < -0.4 is 16.0 Å². The number of ether oxygens (including phenoxy) is 1. The molecule has 0 bridgehead atoms. The highest BCUT2D eigenvalue weighted by Crippen LogP contribution is 2.48. The van der Waals surface area contributed by atoms with Crippen LogP contribution in [-0.4, -0.2) is 55.0 Å². The van der Waals surface area contributed by atoms with Crippen molar-refractivity contribution in [3.63, 3.8) is 0 Å². The number of benzene rings is 2. The number of hydrogen-bond acceptors (Lipinski definition) is 8. The van der Waals surface area contributed by atoms with Crippen molar-refractivity contribution in [2.75, 3.05) is 35.7 Å². The summed E-state index contributed by atoms with van der Waals surface area (Å²) in [6.07, 6.45) is 1.61. The maximum Gasteiger partial charge on any atom is 0.228 e. The van der Waals surface area contributed by atoms with Crippen LogP contribution in [0.15, 0.2) is 47.4 Å². The smallest absolute Gasteiger partial charge is 0.228 e. The summed E-state index contributed by atoms with van der Waals surface area (Å²) in [5, 5.41) is 4.36. The van der Waals surface area contributed by atoms with Gasteiger partial charge in [0, 0.05) is 18.5 Å². The molecule has 2 fully saturated rings. The van der Waals surface area contributed by atoms with Crippen LogP contribution in [0.2, 0.25) is 0 Å². The molecular weight excluding hydrogens is 438 g/mol. The van der Waals surface area contributed by atoms with Gasteiger partial charge >= 0.3 is 0 Å². The molecule has 0 radical (unpaired) electrons. The standard InChI is InChI=1S/C24H27N5O3S/c1-16-6-7-19-18(10-16)21(26-12-23(25)13-32-14-23)28-22(27-19)29-11-17-4-2-3-5-20(17)33(30,31)15-24(29)8-9-24/h2-7,10H,8-9,11-15,25H2,1H3,(H,26,27,28). The number of hydrogen-bond donors (Lipinski definition) is 2. The van der Waals surface area contributed by atoms with Crippen LogP contribution in [-0.2, 0) is 21.1 Å². The van der Waals surface area contributed by atoms with Crippen LogP contribution in [0.1, 0.15) is 24.0 Å². The van der Waals surface area contributed by atoms with Gasteiger partial charge in [-0.15, -0.1) is 0 Å². The molecule has 8 nitrogen and oxygen atoms in total. The van der Waals surface area contributed by atoms with E-state index in [0.717, 1.165) is 34.9 Å². The maximum atomic E-state index is 13.2. The minimum Gasteiger partial charge on any atom is -0.377 e. The fraction of sp³-hybridized carbons (Fsp3) is 0.417. The Morgan fingerprint density at radius 1 is 1.15 bits per heavy atom. The first-order valence-electron chi connectivity index (χ1n) is 11.2. The van der Waals surface area contributed by atoms with E-state index in [-0.39, 0.29) is 5.75 Å².